The van der Waals surface area contributed by atoms with Gasteiger partial charge in [-0.25, -0.2) is 4.98 Å². The first-order valence-electron chi connectivity index (χ1n) is 16.7. The van der Waals surface area contributed by atoms with Crippen molar-refractivity contribution in [2.75, 3.05) is 0 Å². The number of hydrogen-bond acceptors (Lipinski definition) is 4. The first kappa shape index (κ1) is 28.1. The summed E-state index contributed by atoms with van der Waals surface area (Å²) in [6, 6.07) is 56.4. The highest BCUT2D eigenvalue weighted by Crippen LogP contribution is 2.40. The second-order valence-electron chi connectivity index (χ2n) is 12.3. The van der Waals surface area contributed by atoms with Crippen LogP contribution in [0.15, 0.2) is 170 Å². The molecule has 6 aromatic carbocycles. The molecule has 0 unspecified atom stereocenters. The maximum Gasteiger partial charge on any atom is 0.238 e. The molecule has 0 saturated carbocycles. The molecule has 6 nitrogen and oxygen atoms in total. The molecule has 0 N–H and O–H groups in total. The molecule has 0 atom stereocenters. The fourth-order valence-corrected chi connectivity index (χ4v) is 7.21. The first-order valence-corrected chi connectivity index (χ1v) is 16.7. The van der Waals surface area contributed by atoms with E-state index < -0.39 is 0 Å². The van der Waals surface area contributed by atoms with E-state index in [0.29, 0.717) is 17.6 Å². The molecule has 10 aromatic rings. The van der Waals surface area contributed by atoms with Gasteiger partial charge in [0.1, 0.15) is 0 Å². The van der Waals surface area contributed by atoms with Gasteiger partial charge in [0.05, 0.1) is 27.6 Å². The van der Waals surface area contributed by atoms with Crippen LogP contribution in [0, 0.1) is 0 Å². The van der Waals surface area contributed by atoms with E-state index >= 15 is 0 Å². The lowest BCUT2D eigenvalue weighted by Crippen LogP contribution is -2.06. The van der Waals surface area contributed by atoms with Crippen molar-refractivity contribution in [3.05, 3.63) is 170 Å². The minimum Gasteiger partial charge on any atom is -0.308 e. The van der Waals surface area contributed by atoms with Gasteiger partial charge >= 0.3 is 0 Å². The van der Waals surface area contributed by atoms with E-state index in [1.54, 1.807) is 0 Å². The van der Waals surface area contributed by atoms with Crippen LogP contribution in [0.4, 0.5) is 0 Å². The van der Waals surface area contributed by atoms with Gasteiger partial charge in [-0.3, -0.25) is 9.55 Å². The van der Waals surface area contributed by atoms with Crippen molar-refractivity contribution in [3.63, 3.8) is 0 Å². The van der Waals surface area contributed by atoms with E-state index in [1.165, 1.54) is 0 Å². The molecule has 0 aliphatic heterocycles. The summed E-state index contributed by atoms with van der Waals surface area (Å²) in [4.78, 5) is 20.3. The molecule has 50 heavy (non-hydrogen) atoms. The molecule has 10 rings (SSSR count). The van der Waals surface area contributed by atoms with Crippen LogP contribution in [0.1, 0.15) is 0 Å². The van der Waals surface area contributed by atoms with Crippen LogP contribution >= 0.6 is 0 Å². The highest BCUT2D eigenvalue weighted by atomic mass is 15.2. The summed E-state index contributed by atoms with van der Waals surface area (Å²) in [6.07, 6.45) is 2.01. The Hall–Kier alpha value is -6.92. The zero-order valence-electron chi connectivity index (χ0n) is 26.8. The zero-order valence-corrected chi connectivity index (χ0v) is 26.8. The quantitative estimate of drug-likeness (QED) is 0.188. The molecule has 0 bridgehead atoms. The third kappa shape index (κ3) is 4.43. The van der Waals surface area contributed by atoms with E-state index in [9.17, 15) is 0 Å². The fraction of sp³-hybridized carbons (Fsp3) is 0. The third-order valence-electron chi connectivity index (χ3n) is 9.42. The van der Waals surface area contributed by atoms with E-state index in [2.05, 4.69) is 112 Å². The maximum atomic E-state index is 5.11. The van der Waals surface area contributed by atoms with Crippen molar-refractivity contribution >= 4 is 43.7 Å². The van der Waals surface area contributed by atoms with Crippen molar-refractivity contribution in [2.24, 2.45) is 0 Å². The van der Waals surface area contributed by atoms with Gasteiger partial charge in [0.2, 0.25) is 5.95 Å². The number of pyridine rings is 1. The number of hydrogen-bond donors (Lipinski definition) is 0. The van der Waals surface area contributed by atoms with E-state index in [0.717, 1.165) is 71.7 Å². The molecule has 0 fully saturated rings. The highest BCUT2D eigenvalue weighted by Gasteiger charge is 2.21. The largest absolute Gasteiger partial charge is 0.308 e. The Kier molecular flexibility index (Phi) is 6.39. The number of nitrogens with zero attached hydrogens (tertiary/aromatic N) is 6. The summed E-state index contributed by atoms with van der Waals surface area (Å²) in [6.45, 7) is 0. The number of aromatic nitrogens is 6. The van der Waals surface area contributed by atoms with Crippen molar-refractivity contribution < 1.29 is 0 Å². The van der Waals surface area contributed by atoms with Crippen LogP contribution in [0.2, 0.25) is 0 Å². The van der Waals surface area contributed by atoms with Crippen LogP contribution in [0.3, 0.4) is 0 Å². The molecule has 0 aliphatic rings. The Bertz CT molecular complexity index is 2800. The van der Waals surface area contributed by atoms with Gasteiger partial charge in [0.25, 0.3) is 0 Å². The summed E-state index contributed by atoms with van der Waals surface area (Å²) >= 11 is 0. The molecular weight excluding hydrogens is 613 g/mol. The van der Waals surface area contributed by atoms with Gasteiger partial charge in [-0.05, 0) is 42.0 Å². The first-order chi connectivity index (χ1) is 24.8. The number of benzene rings is 6. The third-order valence-corrected chi connectivity index (χ3v) is 9.42. The number of rotatable bonds is 5. The van der Waals surface area contributed by atoms with Crippen LogP contribution in [0.25, 0.3) is 89.3 Å². The van der Waals surface area contributed by atoms with Crippen LogP contribution < -0.4 is 0 Å². The minimum atomic E-state index is 0.568. The van der Waals surface area contributed by atoms with Gasteiger partial charge in [-0.2, -0.15) is 9.97 Å². The molecule has 4 aromatic heterocycles. The summed E-state index contributed by atoms with van der Waals surface area (Å²) in [5.74, 6) is 1.82. The van der Waals surface area contributed by atoms with Crippen LogP contribution in [-0.4, -0.2) is 29.1 Å². The average molecular weight is 641 g/mol. The smallest absolute Gasteiger partial charge is 0.238 e. The molecule has 234 valence electrons. The normalized spacial score (nSPS) is 11.6. The van der Waals surface area contributed by atoms with Crippen molar-refractivity contribution in [1.29, 1.82) is 0 Å². The molecule has 6 heteroatoms. The molecule has 0 amide bonds. The highest BCUT2D eigenvalue weighted by molar-refractivity contribution is 6.16. The van der Waals surface area contributed by atoms with Crippen LogP contribution in [0.5, 0.6) is 0 Å². The van der Waals surface area contributed by atoms with E-state index in [4.69, 9.17) is 19.9 Å². The van der Waals surface area contributed by atoms with Gasteiger partial charge in [-0.1, -0.05) is 127 Å². The van der Waals surface area contributed by atoms with Crippen LogP contribution in [-0.2, 0) is 0 Å². The van der Waals surface area contributed by atoms with Crippen molar-refractivity contribution in [2.45, 2.75) is 0 Å². The Morgan fingerprint density at radius 2 is 0.960 bits per heavy atom. The van der Waals surface area contributed by atoms with Gasteiger partial charge in [0, 0.05) is 44.7 Å². The topological polar surface area (TPSA) is 61.4 Å². The molecule has 4 heterocycles. The zero-order chi connectivity index (χ0) is 33.0. The average Bonchev–Trinajstić information content (AvgIpc) is 3.71. The lowest BCUT2D eigenvalue weighted by molar-refractivity contribution is 0.953. The predicted octanol–water partition coefficient (Wildman–Crippen LogP) is 10.5. The molecule has 0 radical (unpaired) electrons. The Balaban J connectivity index is 1.24. The lowest BCUT2D eigenvalue weighted by atomic mass is 10.0. The summed E-state index contributed by atoms with van der Waals surface area (Å²) in [5.41, 5.74) is 10.3. The minimum absolute atomic E-state index is 0.568. The summed E-state index contributed by atoms with van der Waals surface area (Å²) in [5, 5.41) is 3.37. The maximum absolute atomic E-state index is 5.11. The number of fused-ring (bicyclic) bond motifs is 6. The Labute approximate surface area is 287 Å². The fourth-order valence-electron chi connectivity index (χ4n) is 7.21. The van der Waals surface area contributed by atoms with Gasteiger partial charge < -0.3 is 4.57 Å². The summed E-state index contributed by atoms with van der Waals surface area (Å²) < 4.78 is 4.48. The van der Waals surface area contributed by atoms with E-state index in [1.807, 2.05) is 66.9 Å². The predicted molar refractivity (Wildman–Crippen MR) is 203 cm³/mol. The standard InChI is InChI=1S/C44H28N6/c1-4-15-29(16-5-1)42-46-43(30-17-6-2-7-18-30)48-44(47-42)50-36-24-12-10-21-34(36)40-33(23-14-26-38(40)50)31-27-39-41(45-28-31)35-22-11-13-25-37(35)49(39)32-19-8-3-9-20-32/h1-28H. The Morgan fingerprint density at radius 1 is 0.400 bits per heavy atom. The SMILES string of the molecule is c1ccc(-c2nc(-c3ccccc3)nc(-n3c4ccccc4c4c(-c5cnc6c7ccccc7n(-c7ccccc7)c6c5)cccc43)n2)cc1. The second-order valence-corrected chi connectivity index (χ2v) is 12.3. The van der Waals surface area contributed by atoms with E-state index in [-0.39, 0.29) is 0 Å². The molecule has 0 saturated heterocycles. The van der Waals surface area contributed by atoms with Crippen molar-refractivity contribution in [1.82, 2.24) is 29.1 Å². The molecular formula is C44H28N6. The molecule has 0 spiro atoms. The molecule has 0 aliphatic carbocycles. The van der Waals surface area contributed by atoms with Gasteiger partial charge in [0.15, 0.2) is 11.6 Å². The Morgan fingerprint density at radius 3 is 1.64 bits per heavy atom. The lowest BCUT2D eigenvalue weighted by Gasteiger charge is -2.11. The second kappa shape index (κ2) is 11.4. The number of para-hydroxylation sites is 3. The summed E-state index contributed by atoms with van der Waals surface area (Å²) in [7, 11) is 0. The van der Waals surface area contributed by atoms with Crippen molar-refractivity contribution in [3.8, 4) is 45.5 Å². The van der Waals surface area contributed by atoms with Gasteiger partial charge in [-0.15, -0.1) is 0 Å². The monoisotopic (exact) mass is 640 g/mol.